The predicted octanol–water partition coefficient (Wildman–Crippen LogP) is 4.89. The highest BCUT2D eigenvalue weighted by Gasteiger charge is 2.49. The summed E-state index contributed by atoms with van der Waals surface area (Å²) in [7, 11) is -3.94. The first kappa shape index (κ1) is 26.8. The molecule has 5 nitrogen and oxygen atoms in total. The zero-order valence-electron chi connectivity index (χ0n) is 19.3. The van der Waals surface area contributed by atoms with Crippen LogP contribution < -0.4 is 0 Å². The number of rotatable bonds is 6. The Hall–Kier alpha value is -1.30. The lowest BCUT2D eigenvalue weighted by atomic mass is 9.74. The van der Waals surface area contributed by atoms with Gasteiger partial charge in [0.15, 0.2) is 6.29 Å². The first-order chi connectivity index (χ1) is 16.4. The van der Waals surface area contributed by atoms with Gasteiger partial charge in [0, 0.05) is 24.6 Å². The summed E-state index contributed by atoms with van der Waals surface area (Å²) in [4.78, 5) is 0.156. The molecule has 0 aromatic rings. The van der Waals surface area contributed by atoms with Crippen molar-refractivity contribution >= 4 is 10.0 Å². The summed E-state index contributed by atoms with van der Waals surface area (Å²) in [6, 6.07) is -0.442. The number of hydrogen-bond donors (Lipinski definition) is 2. The van der Waals surface area contributed by atoms with E-state index in [1.165, 1.54) is 10.4 Å². The van der Waals surface area contributed by atoms with Gasteiger partial charge in [-0.3, -0.25) is 0 Å². The summed E-state index contributed by atoms with van der Waals surface area (Å²) in [5.74, 6) is -1.84. The number of halogens is 5. The molecule has 6 atom stereocenters. The van der Waals surface area contributed by atoms with Crippen LogP contribution in [-0.2, 0) is 10.0 Å². The van der Waals surface area contributed by atoms with E-state index in [2.05, 4.69) is 0 Å². The Balaban J connectivity index is 1.50. The highest BCUT2D eigenvalue weighted by molar-refractivity contribution is 7.93. The lowest BCUT2D eigenvalue weighted by molar-refractivity contribution is -0.0972. The molecule has 1 aliphatic heterocycles. The average molecular weight is 526 g/mol. The van der Waals surface area contributed by atoms with Gasteiger partial charge in [-0.1, -0.05) is 12.2 Å². The van der Waals surface area contributed by atoms with E-state index in [1.807, 2.05) is 0 Å². The number of nitrogens with zero attached hydrogens (tertiary/aromatic N) is 1. The van der Waals surface area contributed by atoms with Gasteiger partial charge in [0.05, 0.1) is 10.7 Å². The van der Waals surface area contributed by atoms with E-state index < -0.39 is 46.2 Å². The molecule has 0 spiro atoms. The second-order valence-corrected chi connectivity index (χ2v) is 12.2. The minimum absolute atomic E-state index is 0.0224. The number of aliphatic hydroxyl groups is 2. The first-order valence-electron chi connectivity index (χ1n) is 12.2. The Morgan fingerprint density at radius 3 is 2.51 bits per heavy atom. The summed E-state index contributed by atoms with van der Waals surface area (Å²) in [6.07, 6.45) is -2.73. The van der Waals surface area contributed by atoms with E-state index in [1.54, 1.807) is 6.08 Å². The van der Waals surface area contributed by atoms with Gasteiger partial charge in [0.1, 0.15) is 6.17 Å². The maximum atomic E-state index is 14.8. The zero-order valence-corrected chi connectivity index (χ0v) is 20.1. The van der Waals surface area contributed by atoms with Gasteiger partial charge in [-0.2, -0.15) is 17.5 Å². The van der Waals surface area contributed by atoms with Gasteiger partial charge in [0.2, 0.25) is 10.0 Å². The molecule has 0 aromatic carbocycles. The van der Waals surface area contributed by atoms with Crippen LogP contribution in [0.5, 0.6) is 0 Å². The van der Waals surface area contributed by atoms with Gasteiger partial charge < -0.3 is 10.2 Å². The van der Waals surface area contributed by atoms with Crippen LogP contribution in [0.2, 0.25) is 0 Å². The Bertz CT molecular complexity index is 990. The fourth-order valence-electron chi connectivity index (χ4n) is 6.37. The number of aliphatic hydroxyl groups excluding tert-OH is 1. The van der Waals surface area contributed by atoms with Crippen LogP contribution in [0.1, 0.15) is 57.8 Å². The minimum atomic E-state index is -4.56. The van der Waals surface area contributed by atoms with Crippen LogP contribution in [0.3, 0.4) is 0 Å². The SMILES string of the molecule is O=S(=O)(C1=CCCC(C2CCC(C(F)(F)F)=CC2F)C1)N1CC(CCC(O)O)C2CC(F)=CCC21. The molecule has 2 N–H and O–H groups in total. The van der Waals surface area contributed by atoms with Gasteiger partial charge in [-0.15, -0.1) is 0 Å². The zero-order chi connectivity index (χ0) is 25.5. The Morgan fingerprint density at radius 2 is 1.86 bits per heavy atom. The number of hydrogen-bond acceptors (Lipinski definition) is 4. The van der Waals surface area contributed by atoms with Crippen molar-refractivity contribution in [3.05, 3.63) is 34.5 Å². The summed E-state index contributed by atoms with van der Waals surface area (Å²) in [6.45, 7) is 0.139. The molecule has 3 aliphatic carbocycles. The highest BCUT2D eigenvalue weighted by atomic mass is 32.2. The largest absolute Gasteiger partial charge is 0.412 e. The highest BCUT2D eigenvalue weighted by Crippen LogP contribution is 2.47. The van der Waals surface area contributed by atoms with Crippen molar-refractivity contribution in [3.63, 3.8) is 0 Å². The molecule has 1 heterocycles. The lowest BCUT2D eigenvalue weighted by Crippen LogP contribution is -2.40. The van der Waals surface area contributed by atoms with Crippen LogP contribution in [-0.4, -0.2) is 54.2 Å². The molecule has 0 bridgehead atoms. The van der Waals surface area contributed by atoms with Gasteiger partial charge in [-0.25, -0.2) is 17.2 Å². The number of allylic oxidation sites excluding steroid dienone is 5. The van der Waals surface area contributed by atoms with Crippen LogP contribution >= 0.6 is 0 Å². The van der Waals surface area contributed by atoms with Gasteiger partial charge >= 0.3 is 6.18 Å². The van der Waals surface area contributed by atoms with E-state index in [4.69, 9.17) is 0 Å². The molecule has 0 aromatic heterocycles. The van der Waals surface area contributed by atoms with E-state index in [0.717, 1.165) is 0 Å². The molecule has 6 unspecified atom stereocenters. The molecule has 1 fully saturated rings. The van der Waals surface area contributed by atoms with Crippen molar-refractivity contribution in [2.24, 2.45) is 23.7 Å². The van der Waals surface area contributed by atoms with E-state index in [-0.39, 0.29) is 73.6 Å². The summed E-state index contributed by atoms with van der Waals surface area (Å²) in [5, 5.41) is 18.5. The molecule has 0 saturated carbocycles. The lowest BCUT2D eigenvalue weighted by Gasteiger charge is -2.36. The maximum Gasteiger partial charge on any atom is 0.412 e. The molecule has 35 heavy (non-hydrogen) atoms. The normalized spacial score (nSPS) is 34.9. The van der Waals surface area contributed by atoms with Crippen LogP contribution in [0.25, 0.3) is 0 Å². The topological polar surface area (TPSA) is 77.8 Å². The number of sulfonamides is 1. The fraction of sp³-hybridized carbons (Fsp3) is 0.750. The summed E-state index contributed by atoms with van der Waals surface area (Å²) >= 11 is 0. The molecule has 198 valence electrons. The second-order valence-electron chi connectivity index (χ2n) is 10.3. The van der Waals surface area contributed by atoms with Crippen molar-refractivity contribution < 1.29 is 40.6 Å². The third-order valence-electron chi connectivity index (χ3n) is 8.19. The third-order valence-corrected chi connectivity index (χ3v) is 10.2. The van der Waals surface area contributed by atoms with Gasteiger partial charge in [0.25, 0.3) is 0 Å². The van der Waals surface area contributed by atoms with Crippen molar-refractivity contribution in [2.75, 3.05) is 6.54 Å². The number of alkyl halides is 4. The number of fused-ring (bicyclic) bond motifs is 1. The van der Waals surface area contributed by atoms with Crippen molar-refractivity contribution in [3.8, 4) is 0 Å². The average Bonchev–Trinajstić information content (AvgIpc) is 3.15. The smallest absolute Gasteiger partial charge is 0.368 e. The van der Waals surface area contributed by atoms with E-state index in [0.29, 0.717) is 25.3 Å². The molecule has 4 rings (SSSR count). The quantitative estimate of drug-likeness (QED) is 0.294. The molecule has 1 saturated heterocycles. The third kappa shape index (κ3) is 5.67. The minimum Gasteiger partial charge on any atom is -0.368 e. The molecule has 0 amide bonds. The summed E-state index contributed by atoms with van der Waals surface area (Å²) < 4.78 is 96.5. The van der Waals surface area contributed by atoms with Crippen LogP contribution in [0.4, 0.5) is 22.0 Å². The van der Waals surface area contributed by atoms with E-state index >= 15 is 0 Å². The molecule has 4 aliphatic rings. The van der Waals surface area contributed by atoms with Gasteiger partial charge in [-0.05, 0) is 81.1 Å². The summed E-state index contributed by atoms with van der Waals surface area (Å²) in [5.41, 5.74) is -0.861. The Labute approximate surface area is 202 Å². The Kier molecular flexibility index (Phi) is 7.81. The fourth-order valence-corrected chi connectivity index (χ4v) is 8.41. The standard InChI is InChI=1S/C24H32F5NO4S/c25-17-6-8-22-20(12-17)15(4-9-23(31)32)13-30(22)35(33,34)18-3-1-2-14(10-18)19-7-5-16(11-21(19)26)24(27,28)29/h3,6,11,14-15,19-23,31-32H,1-2,4-5,7-10,12-13H2. The van der Waals surface area contributed by atoms with E-state index in [9.17, 15) is 40.6 Å². The van der Waals surface area contributed by atoms with Crippen molar-refractivity contribution in [1.82, 2.24) is 4.31 Å². The molecule has 0 radical (unpaired) electrons. The van der Waals surface area contributed by atoms with Crippen molar-refractivity contribution in [2.45, 2.75) is 82.5 Å². The predicted molar refractivity (Wildman–Crippen MR) is 119 cm³/mol. The molecular formula is C24H32F5NO4S. The van der Waals surface area contributed by atoms with Crippen LogP contribution in [0.15, 0.2) is 34.5 Å². The van der Waals surface area contributed by atoms with Crippen LogP contribution in [0, 0.1) is 23.7 Å². The second kappa shape index (κ2) is 10.2. The molecular weight excluding hydrogens is 493 g/mol. The maximum absolute atomic E-state index is 14.8. The Morgan fingerprint density at radius 1 is 1.11 bits per heavy atom. The monoisotopic (exact) mass is 525 g/mol. The molecule has 11 heteroatoms. The van der Waals surface area contributed by atoms with Crippen molar-refractivity contribution in [1.29, 1.82) is 0 Å². The first-order valence-corrected chi connectivity index (χ1v) is 13.7.